The molecule has 0 spiro atoms. The van der Waals surface area contributed by atoms with Gasteiger partial charge in [-0.2, -0.15) is 0 Å². The number of hydrogen-bond donors (Lipinski definition) is 2. The number of aryl methyl sites for hydroxylation is 3. The fourth-order valence-electron chi connectivity index (χ4n) is 7.85. The minimum atomic E-state index is -0.327. The van der Waals surface area contributed by atoms with Gasteiger partial charge in [0, 0.05) is 76.4 Å². The zero-order valence-corrected chi connectivity index (χ0v) is 39.1. The number of methoxy groups -OCH3 is 2. The first kappa shape index (κ1) is 51.0. The Balaban J connectivity index is 1.18. The predicted octanol–water partition coefficient (Wildman–Crippen LogP) is 7.75. The second-order valence-corrected chi connectivity index (χ2v) is 15.8. The van der Waals surface area contributed by atoms with Crippen molar-refractivity contribution < 1.29 is 52.2 Å². The molecule has 2 N–H and O–H groups in total. The van der Waals surface area contributed by atoms with Crippen molar-refractivity contribution in [3.63, 3.8) is 0 Å². The standard InChI is InChI=1S/C50H68N4O11/c1-9-37-33(3)41-29-42-35(5)39(11-13-49(55)58-8)47(53-42)32-48-40(36(6)44(54-48)31-46-38(10-2)34(4)43(52-46)30-45(37)51-41)12-14-50(56)65-28-27-64-26-25-63-24-23-62-22-21-61-20-19-60-18-17-59-16-15-57-7/h9-10,29-32,35,39,51,54H,1-2,11-28H2,3-8H3. The number of hydrogen-bond acceptors (Lipinski definition) is 13. The van der Waals surface area contributed by atoms with E-state index in [9.17, 15) is 9.59 Å². The fourth-order valence-corrected chi connectivity index (χ4v) is 7.85. The molecule has 3 aromatic rings. The summed E-state index contributed by atoms with van der Waals surface area (Å²) in [6.07, 6.45) is 5.12. The first-order valence-corrected chi connectivity index (χ1v) is 22.5. The maximum absolute atomic E-state index is 13.1. The fraction of sp³-hybridized carbons (Fsp3) is 0.520. The number of aromatic amines is 2. The second-order valence-electron chi connectivity index (χ2n) is 15.8. The van der Waals surface area contributed by atoms with Gasteiger partial charge in [-0.15, -0.1) is 0 Å². The maximum atomic E-state index is 13.1. The molecule has 15 nitrogen and oxygen atoms in total. The van der Waals surface area contributed by atoms with E-state index in [0.29, 0.717) is 92.1 Å². The lowest BCUT2D eigenvalue weighted by atomic mass is 9.87. The highest BCUT2D eigenvalue weighted by Gasteiger charge is 2.30. The van der Waals surface area contributed by atoms with Crippen LogP contribution in [0.25, 0.3) is 39.3 Å². The van der Waals surface area contributed by atoms with Crippen LogP contribution >= 0.6 is 0 Å². The van der Waals surface area contributed by atoms with Crippen LogP contribution in [-0.4, -0.2) is 139 Å². The van der Waals surface area contributed by atoms with Crippen molar-refractivity contribution >= 4 is 51.2 Å². The monoisotopic (exact) mass is 900 g/mol. The van der Waals surface area contributed by atoms with Crippen molar-refractivity contribution in [2.75, 3.05) is 107 Å². The Bertz CT molecular complexity index is 2260. The molecule has 0 saturated heterocycles. The molecule has 0 saturated carbocycles. The molecular weight excluding hydrogens is 833 g/mol. The van der Waals surface area contributed by atoms with Crippen molar-refractivity contribution in [3.05, 3.63) is 88.5 Å². The molecule has 15 heteroatoms. The van der Waals surface area contributed by atoms with Crippen molar-refractivity contribution in [1.29, 1.82) is 0 Å². The van der Waals surface area contributed by atoms with Gasteiger partial charge in [-0.05, 0) is 80.1 Å². The zero-order chi connectivity index (χ0) is 46.6. The minimum absolute atomic E-state index is 0.0134. The van der Waals surface area contributed by atoms with Crippen molar-refractivity contribution in [3.8, 4) is 0 Å². The highest BCUT2D eigenvalue weighted by atomic mass is 16.6. The Morgan fingerprint density at radius 2 is 1.15 bits per heavy atom. The molecule has 3 aromatic heterocycles. The average molecular weight is 901 g/mol. The van der Waals surface area contributed by atoms with Crippen LogP contribution in [0.5, 0.6) is 0 Å². The number of ether oxygens (including phenoxy) is 9. The van der Waals surface area contributed by atoms with Crippen LogP contribution in [0.1, 0.15) is 90.0 Å². The van der Waals surface area contributed by atoms with Crippen LogP contribution in [-0.2, 0) is 58.6 Å². The van der Waals surface area contributed by atoms with E-state index in [1.165, 1.54) is 7.11 Å². The first-order chi connectivity index (χ1) is 31.6. The van der Waals surface area contributed by atoms with Crippen LogP contribution < -0.4 is 0 Å². The molecule has 0 aromatic carbocycles. The number of carbonyl (C=O) groups is 2. The number of rotatable bonds is 29. The molecule has 0 radical (unpaired) electrons. The minimum Gasteiger partial charge on any atom is -0.469 e. The van der Waals surface area contributed by atoms with Crippen LogP contribution in [0.4, 0.5) is 0 Å². The van der Waals surface area contributed by atoms with Gasteiger partial charge in [0.1, 0.15) is 6.61 Å². The topological polar surface area (TPSA) is 175 Å². The summed E-state index contributed by atoms with van der Waals surface area (Å²) < 4.78 is 48.5. The molecule has 8 bridgehead atoms. The molecule has 354 valence electrons. The normalized spacial score (nSPS) is 14.8. The van der Waals surface area contributed by atoms with E-state index in [4.69, 9.17) is 52.6 Å². The van der Waals surface area contributed by atoms with E-state index in [1.807, 2.05) is 25.1 Å². The lowest BCUT2D eigenvalue weighted by Crippen LogP contribution is -2.15. The van der Waals surface area contributed by atoms with E-state index in [2.05, 4.69) is 62.1 Å². The number of fused-ring (bicyclic) bond motifs is 8. The summed E-state index contributed by atoms with van der Waals surface area (Å²) in [7, 11) is 3.05. The maximum Gasteiger partial charge on any atom is 0.306 e. The van der Waals surface area contributed by atoms with Gasteiger partial charge in [0.25, 0.3) is 0 Å². The van der Waals surface area contributed by atoms with Gasteiger partial charge in [0.05, 0.1) is 104 Å². The lowest BCUT2D eigenvalue weighted by molar-refractivity contribution is -0.145. The van der Waals surface area contributed by atoms with Crippen LogP contribution in [0.2, 0.25) is 0 Å². The number of esters is 2. The third-order valence-electron chi connectivity index (χ3n) is 11.6. The summed E-state index contributed by atoms with van der Waals surface area (Å²) in [5.41, 5.74) is 12.8. The van der Waals surface area contributed by atoms with Gasteiger partial charge in [-0.3, -0.25) is 14.6 Å². The molecule has 5 heterocycles. The molecule has 0 aliphatic carbocycles. The van der Waals surface area contributed by atoms with Gasteiger partial charge < -0.3 is 52.6 Å². The Hall–Kier alpha value is -5.00. The zero-order valence-electron chi connectivity index (χ0n) is 39.1. The van der Waals surface area contributed by atoms with Crippen LogP contribution in [0, 0.1) is 13.8 Å². The van der Waals surface area contributed by atoms with E-state index in [0.717, 1.165) is 78.2 Å². The summed E-state index contributed by atoms with van der Waals surface area (Å²) in [5, 5.41) is 0. The van der Waals surface area contributed by atoms with E-state index in [1.54, 1.807) is 7.11 Å². The first-order valence-electron chi connectivity index (χ1n) is 22.5. The molecular formula is C50H68N4O11. The Labute approximate surface area is 382 Å². The molecule has 2 aliphatic rings. The Morgan fingerprint density at radius 3 is 1.72 bits per heavy atom. The van der Waals surface area contributed by atoms with Gasteiger partial charge in [-0.25, -0.2) is 4.98 Å². The summed E-state index contributed by atoms with van der Waals surface area (Å²) in [5.74, 6) is -0.632. The van der Waals surface area contributed by atoms with Gasteiger partial charge >= 0.3 is 11.9 Å². The predicted molar refractivity (Wildman–Crippen MR) is 252 cm³/mol. The molecule has 2 atom stereocenters. The third kappa shape index (κ3) is 14.8. The van der Waals surface area contributed by atoms with Crippen LogP contribution in [0.3, 0.4) is 0 Å². The third-order valence-corrected chi connectivity index (χ3v) is 11.6. The highest BCUT2D eigenvalue weighted by molar-refractivity contribution is 5.97. The smallest absolute Gasteiger partial charge is 0.306 e. The second kappa shape index (κ2) is 26.8. The summed E-state index contributed by atoms with van der Waals surface area (Å²) in [6.45, 7) is 22.7. The Kier molecular flexibility index (Phi) is 21.1. The lowest BCUT2D eigenvalue weighted by Gasteiger charge is -2.15. The van der Waals surface area contributed by atoms with Crippen molar-refractivity contribution in [2.24, 2.45) is 0 Å². The van der Waals surface area contributed by atoms with E-state index < -0.39 is 0 Å². The summed E-state index contributed by atoms with van der Waals surface area (Å²) >= 11 is 0. The largest absolute Gasteiger partial charge is 0.469 e. The number of allylic oxidation sites excluding steroid dienone is 3. The molecule has 5 rings (SSSR count). The molecule has 0 fully saturated rings. The number of nitrogens with one attached hydrogen (secondary N) is 2. The highest BCUT2D eigenvalue weighted by Crippen LogP contribution is 2.41. The number of aromatic nitrogens is 4. The number of nitrogens with zero attached hydrogens (tertiary/aromatic N) is 2. The average Bonchev–Trinajstić information content (AvgIpc) is 3.97. The van der Waals surface area contributed by atoms with E-state index >= 15 is 0 Å². The van der Waals surface area contributed by atoms with Gasteiger partial charge in [0.2, 0.25) is 0 Å². The summed E-state index contributed by atoms with van der Waals surface area (Å²) in [6, 6.07) is 8.26. The SMILES string of the molecule is C=CC1=C(C)c2cc3[nH]c(cc4nc(cc5[nH]c(cc1n2)c(C)c5CCC(=O)OCCOCCOCCOCCOCCOCCOCCOC)C(CCC(=O)OC)C4C)c(C)c3C=C. The van der Waals surface area contributed by atoms with Crippen LogP contribution in [0.15, 0.2) is 43.5 Å². The van der Waals surface area contributed by atoms with Gasteiger partial charge in [-0.1, -0.05) is 32.2 Å². The quantitative estimate of drug-likeness (QED) is 0.0512. The van der Waals surface area contributed by atoms with Crippen molar-refractivity contribution in [2.45, 2.75) is 65.2 Å². The van der Waals surface area contributed by atoms with Crippen molar-refractivity contribution in [1.82, 2.24) is 19.9 Å². The number of H-pyrrole nitrogens is 2. The van der Waals surface area contributed by atoms with E-state index in [-0.39, 0.29) is 49.8 Å². The molecule has 0 amide bonds. The van der Waals surface area contributed by atoms with Gasteiger partial charge in [0.15, 0.2) is 0 Å². The number of carbonyl (C=O) groups excluding carboxylic acids is 2. The molecule has 2 unspecified atom stereocenters. The molecule has 65 heavy (non-hydrogen) atoms. The molecule has 2 aliphatic heterocycles. The summed E-state index contributed by atoms with van der Waals surface area (Å²) in [4.78, 5) is 43.0. The Morgan fingerprint density at radius 1 is 0.615 bits per heavy atom.